The van der Waals surface area contributed by atoms with Crippen molar-refractivity contribution in [2.45, 2.75) is 18.6 Å². The van der Waals surface area contributed by atoms with Crippen LogP contribution in [-0.2, 0) is 0 Å². The lowest BCUT2D eigenvalue weighted by Crippen LogP contribution is -2.36. The van der Waals surface area contributed by atoms with E-state index < -0.39 is 0 Å². The number of nitrogens with zero attached hydrogens (tertiary/aromatic N) is 1. The van der Waals surface area contributed by atoms with Crippen molar-refractivity contribution in [2.75, 3.05) is 19.4 Å². The number of rotatable bonds is 4. The molecule has 5 heteroatoms. The molecule has 4 nitrogen and oxygen atoms in total. The first-order valence-electron chi connectivity index (χ1n) is 5.87. The lowest BCUT2D eigenvalue weighted by atomic mass is 10.1. The molecule has 0 fully saturated rings. The molecule has 0 aliphatic carbocycles. The van der Waals surface area contributed by atoms with E-state index in [1.54, 1.807) is 24.0 Å². The highest BCUT2D eigenvalue weighted by Crippen LogP contribution is 2.19. The van der Waals surface area contributed by atoms with Crippen molar-refractivity contribution in [1.82, 2.24) is 10.3 Å². The van der Waals surface area contributed by atoms with Gasteiger partial charge < -0.3 is 10.4 Å². The molecule has 1 rings (SSSR count). The van der Waals surface area contributed by atoms with Crippen molar-refractivity contribution >= 4 is 17.7 Å². The van der Waals surface area contributed by atoms with Gasteiger partial charge >= 0.3 is 0 Å². The number of thioether (sulfide) groups is 1. The minimum atomic E-state index is -0.241. The molecule has 1 amide bonds. The van der Waals surface area contributed by atoms with Gasteiger partial charge in [0.15, 0.2) is 0 Å². The Labute approximate surface area is 118 Å². The molecule has 0 aromatic carbocycles. The Morgan fingerprint density at radius 3 is 2.95 bits per heavy atom. The second kappa shape index (κ2) is 7.17. The second-order valence-corrected chi connectivity index (χ2v) is 6.04. The van der Waals surface area contributed by atoms with Gasteiger partial charge in [0.05, 0.1) is 11.1 Å². The van der Waals surface area contributed by atoms with Gasteiger partial charge in [-0.1, -0.05) is 11.8 Å². The van der Waals surface area contributed by atoms with Crippen LogP contribution in [0.15, 0.2) is 18.5 Å². The number of aromatic nitrogens is 1. The summed E-state index contributed by atoms with van der Waals surface area (Å²) in [5.41, 5.74) is 1.00. The molecule has 102 valence electrons. The van der Waals surface area contributed by atoms with Gasteiger partial charge in [-0.25, -0.2) is 0 Å². The number of carbonyl (C=O) groups excluding carboxylic acids is 1. The molecule has 1 heterocycles. The zero-order chi connectivity index (χ0) is 14.3. The van der Waals surface area contributed by atoms with Crippen molar-refractivity contribution in [3.8, 4) is 11.8 Å². The lowest BCUT2D eigenvalue weighted by molar-refractivity contribution is 0.0950. The van der Waals surface area contributed by atoms with Crippen LogP contribution in [0.5, 0.6) is 0 Å². The maximum absolute atomic E-state index is 12.1. The van der Waals surface area contributed by atoms with E-state index in [2.05, 4.69) is 36.0 Å². The lowest BCUT2D eigenvalue weighted by Gasteiger charge is -2.22. The molecule has 2 N–H and O–H groups in total. The highest BCUT2D eigenvalue weighted by atomic mass is 32.2. The SMILES string of the molecule is CSC(C)(C)CNC(=O)c1ccncc1C#CCO. The summed E-state index contributed by atoms with van der Waals surface area (Å²) in [6.45, 7) is 4.46. The fourth-order valence-electron chi connectivity index (χ4n) is 1.29. The number of aliphatic hydroxyl groups excluding tert-OH is 1. The largest absolute Gasteiger partial charge is 0.384 e. The van der Waals surface area contributed by atoms with Gasteiger partial charge in [0.2, 0.25) is 0 Å². The summed E-state index contributed by atoms with van der Waals surface area (Å²) in [6, 6.07) is 1.63. The number of nitrogens with one attached hydrogen (secondary N) is 1. The highest BCUT2D eigenvalue weighted by Gasteiger charge is 2.18. The predicted molar refractivity (Wildman–Crippen MR) is 78.1 cm³/mol. The molecule has 0 saturated carbocycles. The number of aliphatic hydroxyl groups is 1. The molecule has 0 saturated heterocycles. The number of amides is 1. The van der Waals surface area contributed by atoms with Crippen LogP contribution in [0, 0.1) is 11.8 Å². The molecule has 0 aliphatic heterocycles. The fourth-order valence-corrected chi connectivity index (χ4v) is 1.50. The highest BCUT2D eigenvalue weighted by molar-refractivity contribution is 7.99. The van der Waals surface area contributed by atoms with Gasteiger partial charge in [-0.15, -0.1) is 0 Å². The van der Waals surface area contributed by atoms with Crippen molar-refractivity contribution < 1.29 is 9.90 Å². The molecule has 0 atom stereocenters. The number of hydrogen-bond donors (Lipinski definition) is 2. The first kappa shape index (κ1) is 15.5. The third kappa shape index (κ3) is 4.93. The average Bonchev–Trinajstić information content (AvgIpc) is 2.43. The molecule has 0 bridgehead atoms. The van der Waals surface area contributed by atoms with Crippen LogP contribution in [0.2, 0.25) is 0 Å². The quantitative estimate of drug-likeness (QED) is 0.815. The minimum absolute atomic E-state index is 0.0143. The molecule has 0 unspecified atom stereocenters. The third-order valence-corrected chi connectivity index (χ3v) is 3.84. The summed E-state index contributed by atoms with van der Waals surface area (Å²) in [7, 11) is 0. The van der Waals surface area contributed by atoms with Crippen LogP contribution in [0.1, 0.15) is 29.8 Å². The molecule has 1 aromatic heterocycles. The van der Waals surface area contributed by atoms with Crippen LogP contribution < -0.4 is 5.32 Å². The Morgan fingerprint density at radius 2 is 2.32 bits per heavy atom. The average molecular weight is 278 g/mol. The number of hydrogen-bond acceptors (Lipinski definition) is 4. The standard InChI is InChI=1S/C14H18N2O2S/c1-14(2,19-3)10-16-13(18)12-6-7-15-9-11(12)5-4-8-17/h6-7,9,17H,8,10H2,1-3H3,(H,16,18). The molecule has 0 radical (unpaired) electrons. The van der Waals surface area contributed by atoms with Gasteiger partial charge in [-0.3, -0.25) is 9.78 Å². The monoisotopic (exact) mass is 278 g/mol. The zero-order valence-electron chi connectivity index (χ0n) is 11.4. The number of pyridine rings is 1. The topological polar surface area (TPSA) is 62.2 Å². The normalized spacial score (nSPS) is 10.5. The van der Waals surface area contributed by atoms with Gasteiger partial charge in [-0.05, 0) is 26.2 Å². The molecule has 1 aromatic rings. The van der Waals surface area contributed by atoms with Gasteiger partial charge in [0.1, 0.15) is 6.61 Å². The fraction of sp³-hybridized carbons (Fsp3) is 0.429. The zero-order valence-corrected chi connectivity index (χ0v) is 12.2. The van der Waals surface area contributed by atoms with Crippen LogP contribution in [0.3, 0.4) is 0 Å². The van der Waals surface area contributed by atoms with Crippen LogP contribution >= 0.6 is 11.8 Å². The minimum Gasteiger partial charge on any atom is -0.384 e. The first-order valence-corrected chi connectivity index (χ1v) is 7.10. The Morgan fingerprint density at radius 1 is 1.58 bits per heavy atom. The molecular formula is C14H18N2O2S. The predicted octanol–water partition coefficient (Wildman–Crippen LogP) is 1.30. The summed E-state index contributed by atoms with van der Waals surface area (Å²) in [4.78, 5) is 16.1. The maximum atomic E-state index is 12.1. The van der Waals surface area contributed by atoms with E-state index in [4.69, 9.17) is 5.11 Å². The summed E-state index contributed by atoms with van der Waals surface area (Å²) < 4.78 is -0.0143. The molecule has 19 heavy (non-hydrogen) atoms. The second-order valence-electron chi connectivity index (χ2n) is 4.53. The molecule has 0 spiro atoms. The van der Waals surface area contributed by atoms with E-state index in [0.29, 0.717) is 17.7 Å². The maximum Gasteiger partial charge on any atom is 0.252 e. The van der Waals surface area contributed by atoms with Gasteiger partial charge in [0, 0.05) is 23.7 Å². The Balaban J connectivity index is 2.83. The smallest absolute Gasteiger partial charge is 0.252 e. The van der Waals surface area contributed by atoms with E-state index >= 15 is 0 Å². The summed E-state index contributed by atoms with van der Waals surface area (Å²) >= 11 is 1.69. The van der Waals surface area contributed by atoms with E-state index in [1.807, 2.05) is 6.26 Å². The van der Waals surface area contributed by atoms with Gasteiger partial charge in [0.25, 0.3) is 5.91 Å². The van der Waals surface area contributed by atoms with E-state index in [1.165, 1.54) is 6.20 Å². The molecular weight excluding hydrogens is 260 g/mol. The van der Waals surface area contributed by atoms with Crippen molar-refractivity contribution in [2.24, 2.45) is 0 Å². The van der Waals surface area contributed by atoms with Crippen molar-refractivity contribution in [3.05, 3.63) is 29.6 Å². The van der Waals surface area contributed by atoms with Crippen LogP contribution in [-0.4, -0.2) is 40.2 Å². The molecule has 0 aliphatic rings. The Kier molecular flexibility index (Phi) is 5.87. The van der Waals surface area contributed by atoms with E-state index in [0.717, 1.165) is 0 Å². The van der Waals surface area contributed by atoms with Crippen LogP contribution in [0.25, 0.3) is 0 Å². The van der Waals surface area contributed by atoms with Crippen molar-refractivity contribution in [1.29, 1.82) is 0 Å². The third-order valence-electron chi connectivity index (χ3n) is 2.60. The Bertz CT molecular complexity index is 504. The van der Waals surface area contributed by atoms with E-state index in [9.17, 15) is 4.79 Å². The summed E-state index contributed by atoms with van der Waals surface area (Å²) in [6.07, 6.45) is 5.09. The van der Waals surface area contributed by atoms with Crippen molar-refractivity contribution in [3.63, 3.8) is 0 Å². The summed E-state index contributed by atoms with van der Waals surface area (Å²) in [5.74, 6) is 5.08. The summed E-state index contributed by atoms with van der Waals surface area (Å²) in [5, 5.41) is 11.6. The van der Waals surface area contributed by atoms with Crippen LogP contribution in [0.4, 0.5) is 0 Å². The Hall–Kier alpha value is -1.51. The van der Waals surface area contributed by atoms with Gasteiger partial charge in [-0.2, -0.15) is 11.8 Å². The number of carbonyl (C=O) groups is 1. The first-order chi connectivity index (χ1) is 9.00. The van der Waals surface area contributed by atoms with E-state index in [-0.39, 0.29) is 17.3 Å².